The first kappa shape index (κ1) is 41.8. The van der Waals surface area contributed by atoms with Gasteiger partial charge in [-0.15, -0.1) is 0 Å². The maximum Gasteiger partial charge on any atom is 0.255 e. The summed E-state index contributed by atoms with van der Waals surface area (Å²) in [6.07, 6.45) is 8.29. The molecule has 12 nitrogen and oxygen atoms in total. The summed E-state index contributed by atoms with van der Waals surface area (Å²) in [5.74, 6) is 1.74. The molecule has 2 atom stereocenters. The molecule has 304 valence electrons. The second kappa shape index (κ2) is 20.5. The largest absolute Gasteiger partial charge is 0.493 e. The fourth-order valence-corrected chi connectivity index (χ4v) is 7.42. The van der Waals surface area contributed by atoms with Crippen LogP contribution in [0.3, 0.4) is 0 Å². The normalized spacial score (nSPS) is 16.0. The second-order valence-corrected chi connectivity index (χ2v) is 14.7. The van der Waals surface area contributed by atoms with Crippen molar-refractivity contribution in [2.45, 2.75) is 96.5 Å². The Morgan fingerprint density at radius 2 is 1.33 bits per heavy atom. The molecule has 0 saturated heterocycles. The highest BCUT2D eigenvalue weighted by atomic mass is 35.5. The number of carbonyl (C=O) groups is 1. The van der Waals surface area contributed by atoms with Gasteiger partial charge in [0.1, 0.15) is 11.9 Å². The van der Waals surface area contributed by atoms with E-state index < -0.39 is 6.17 Å². The van der Waals surface area contributed by atoms with E-state index in [1.165, 1.54) is 0 Å². The molecular formula is C44H52ClN3O9. The molecule has 4 aromatic carbocycles. The van der Waals surface area contributed by atoms with Crippen molar-refractivity contribution < 1.29 is 44.3 Å². The van der Waals surface area contributed by atoms with Crippen LogP contribution in [-0.2, 0) is 31.3 Å². The molecule has 2 heterocycles. The van der Waals surface area contributed by atoms with Gasteiger partial charge in [0.05, 0.1) is 58.0 Å². The SMILES string of the molecule is COc1ccc(C2CC(c3cc(CO)c(CO)c(CO)c3)=NO2)cc1OCCCCCCCCCCOc1ccc(C2NC(=O)c3cc(Cl)ccc3N2)cc1CO. The lowest BCUT2D eigenvalue weighted by Crippen LogP contribution is -2.38. The average molecular weight is 802 g/mol. The van der Waals surface area contributed by atoms with Gasteiger partial charge in [-0.05, 0) is 95.3 Å². The Bertz CT molecular complexity index is 2000. The number of carbonyl (C=O) groups excluding carboxylic acids is 1. The van der Waals surface area contributed by atoms with Gasteiger partial charge in [-0.2, -0.15) is 0 Å². The van der Waals surface area contributed by atoms with Crippen molar-refractivity contribution >= 4 is 28.9 Å². The molecule has 0 spiro atoms. The maximum absolute atomic E-state index is 12.6. The highest BCUT2D eigenvalue weighted by molar-refractivity contribution is 6.31. The van der Waals surface area contributed by atoms with Crippen LogP contribution < -0.4 is 24.8 Å². The van der Waals surface area contributed by atoms with Crippen molar-refractivity contribution in [2.24, 2.45) is 5.16 Å². The van der Waals surface area contributed by atoms with Crippen LogP contribution in [0.5, 0.6) is 17.2 Å². The van der Waals surface area contributed by atoms with E-state index >= 15 is 0 Å². The van der Waals surface area contributed by atoms with E-state index in [-0.39, 0.29) is 38.4 Å². The number of aliphatic hydroxyl groups is 4. The average Bonchev–Trinajstić information content (AvgIpc) is 3.74. The number of ether oxygens (including phenoxy) is 3. The Morgan fingerprint density at radius 3 is 1.98 bits per heavy atom. The number of aliphatic hydroxyl groups excluding tert-OH is 4. The number of oxime groups is 1. The number of halogens is 1. The van der Waals surface area contributed by atoms with Gasteiger partial charge in [-0.25, -0.2) is 0 Å². The Balaban J connectivity index is 0.860. The molecule has 57 heavy (non-hydrogen) atoms. The number of hydrogen-bond donors (Lipinski definition) is 6. The van der Waals surface area contributed by atoms with Crippen LogP contribution in [0.4, 0.5) is 5.69 Å². The van der Waals surface area contributed by atoms with Gasteiger partial charge < -0.3 is 50.1 Å². The minimum atomic E-state index is -0.432. The van der Waals surface area contributed by atoms with E-state index in [1.807, 2.05) is 36.4 Å². The number of fused-ring (bicyclic) bond motifs is 1. The van der Waals surface area contributed by atoms with Gasteiger partial charge >= 0.3 is 0 Å². The number of amides is 1. The smallest absolute Gasteiger partial charge is 0.255 e. The minimum Gasteiger partial charge on any atom is -0.493 e. The quantitative estimate of drug-likeness (QED) is 0.0461. The van der Waals surface area contributed by atoms with Crippen molar-refractivity contribution in [1.82, 2.24) is 5.32 Å². The summed E-state index contributed by atoms with van der Waals surface area (Å²) in [7, 11) is 1.62. The lowest BCUT2D eigenvalue weighted by atomic mass is 9.94. The maximum atomic E-state index is 12.6. The first-order chi connectivity index (χ1) is 27.8. The number of unbranched alkanes of at least 4 members (excludes halogenated alkanes) is 7. The predicted molar refractivity (Wildman–Crippen MR) is 218 cm³/mol. The van der Waals surface area contributed by atoms with Gasteiger partial charge in [0.2, 0.25) is 0 Å². The van der Waals surface area contributed by atoms with Crippen molar-refractivity contribution in [1.29, 1.82) is 0 Å². The number of hydrogen-bond acceptors (Lipinski definition) is 11. The minimum absolute atomic E-state index is 0.169. The number of rotatable bonds is 21. The lowest BCUT2D eigenvalue weighted by molar-refractivity contribution is 0.0854. The van der Waals surface area contributed by atoms with Gasteiger partial charge in [0.15, 0.2) is 17.6 Å². The molecule has 13 heteroatoms. The summed E-state index contributed by atoms with van der Waals surface area (Å²) >= 11 is 6.05. The number of nitrogens with zero attached hydrogens (tertiary/aromatic N) is 1. The van der Waals surface area contributed by atoms with Gasteiger partial charge in [0.25, 0.3) is 5.91 Å². The lowest BCUT2D eigenvalue weighted by Gasteiger charge is -2.28. The van der Waals surface area contributed by atoms with E-state index in [2.05, 4.69) is 15.8 Å². The topological polar surface area (TPSA) is 171 Å². The number of methoxy groups -OCH3 is 1. The van der Waals surface area contributed by atoms with Crippen LogP contribution in [0, 0.1) is 0 Å². The summed E-state index contributed by atoms with van der Waals surface area (Å²) in [5.41, 5.74) is 6.67. The van der Waals surface area contributed by atoms with E-state index in [4.69, 9.17) is 30.6 Å². The highest BCUT2D eigenvalue weighted by Crippen LogP contribution is 2.37. The summed E-state index contributed by atoms with van der Waals surface area (Å²) in [5, 5.41) is 50.4. The van der Waals surface area contributed by atoms with Crippen LogP contribution in [0.2, 0.25) is 5.02 Å². The molecule has 0 radical (unpaired) electrons. The Labute approximate surface area is 338 Å². The molecule has 0 bridgehead atoms. The molecule has 0 fully saturated rings. The standard InChI is InChI=1S/C44H52ClN3O9/c1-54-40-15-10-28(41-23-38(48-57-41)30-19-31(24-49)36(27-52)32(20-30)25-50)21-42(40)56-17-9-7-5-3-2-4-6-8-16-55-39-14-11-29(18-33(39)26-51)43-46-37-13-12-34(45)22-35(37)44(53)47-43/h10-15,18-22,41,43,46,49-52H,2-9,16-17,23-27H2,1H3,(H,47,53). The molecule has 4 aromatic rings. The zero-order chi connectivity index (χ0) is 40.1. The second-order valence-electron chi connectivity index (χ2n) is 14.3. The third-order valence-electron chi connectivity index (χ3n) is 10.4. The van der Waals surface area contributed by atoms with Gasteiger partial charge in [-0.1, -0.05) is 67.4 Å². The molecule has 6 rings (SSSR count). The molecule has 0 saturated carbocycles. The zero-order valence-electron chi connectivity index (χ0n) is 32.3. The fraction of sp³-hybridized carbons (Fsp3) is 0.409. The van der Waals surface area contributed by atoms with Crippen molar-refractivity contribution in [3.8, 4) is 17.2 Å². The van der Waals surface area contributed by atoms with Gasteiger partial charge in [-0.3, -0.25) is 4.79 Å². The Kier molecular flexibility index (Phi) is 15.0. The van der Waals surface area contributed by atoms with Crippen molar-refractivity contribution in [2.75, 3.05) is 25.6 Å². The molecule has 6 N–H and O–H groups in total. The number of benzene rings is 4. The fourth-order valence-electron chi connectivity index (χ4n) is 7.25. The van der Waals surface area contributed by atoms with Crippen LogP contribution in [-0.4, -0.2) is 52.4 Å². The van der Waals surface area contributed by atoms with Crippen LogP contribution in [0.25, 0.3) is 0 Å². The molecule has 0 aliphatic carbocycles. The first-order valence-corrected chi connectivity index (χ1v) is 20.0. The monoisotopic (exact) mass is 801 g/mol. The van der Waals surface area contributed by atoms with Crippen LogP contribution in [0.15, 0.2) is 71.9 Å². The van der Waals surface area contributed by atoms with E-state index in [0.29, 0.717) is 81.1 Å². The molecule has 2 unspecified atom stereocenters. The predicted octanol–water partition coefficient (Wildman–Crippen LogP) is 7.62. The third-order valence-corrected chi connectivity index (χ3v) is 10.7. The summed E-state index contributed by atoms with van der Waals surface area (Å²) in [6.45, 7) is 0.189. The first-order valence-electron chi connectivity index (χ1n) is 19.6. The van der Waals surface area contributed by atoms with Crippen molar-refractivity contribution in [3.05, 3.63) is 116 Å². The summed E-state index contributed by atoms with van der Waals surface area (Å²) in [4.78, 5) is 18.4. The Morgan fingerprint density at radius 1 is 0.702 bits per heavy atom. The van der Waals surface area contributed by atoms with Crippen molar-refractivity contribution in [3.63, 3.8) is 0 Å². The van der Waals surface area contributed by atoms with Crippen LogP contribution in [0.1, 0.15) is 119 Å². The molecule has 1 amide bonds. The summed E-state index contributed by atoms with van der Waals surface area (Å²) in [6, 6.07) is 20.1. The summed E-state index contributed by atoms with van der Waals surface area (Å²) < 4.78 is 17.7. The Hall–Kier alpha value is -4.85. The molecule has 2 aliphatic heterocycles. The number of nitrogens with one attached hydrogen (secondary N) is 2. The van der Waals surface area contributed by atoms with E-state index in [9.17, 15) is 25.2 Å². The van der Waals surface area contributed by atoms with E-state index in [1.54, 1.807) is 37.4 Å². The highest BCUT2D eigenvalue weighted by Gasteiger charge is 2.27. The van der Waals surface area contributed by atoms with E-state index in [0.717, 1.165) is 68.1 Å². The molecule has 0 aromatic heterocycles. The number of anilines is 1. The third kappa shape index (κ3) is 10.6. The molecular weight excluding hydrogens is 750 g/mol. The van der Waals surface area contributed by atoms with Crippen LogP contribution >= 0.6 is 11.6 Å². The van der Waals surface area contributed by atoms with Gasteiger partial charge in [0, 0.05) is 28.3 Å². The molecule has 2 aliphatic rings. The zero-order valence-corrected chi connectivity index (χ0v) is 33.0.